The summed E-state index contributed by atoms with van der Waals surface area (Å²) in [6, 6.07) is 25.4. The molecule has 0 amide bonds. The fraction of sp³-hybridized carbons (Fsp3) is 0.0435. The van der Waals surface area contributed by atoms with E-state index in [1.165, 1.54) is 11.3 Å². The molecule has 0 radical (unpaired) electrons. The van der Waals surface area contributed by atoms with Crippen molar-refractivity contribution in [2.24, 2.45) is 0 Å². The number of aromatic nitrogens is 1. The molecule has 4 rings (SSSR count). The average molecular weight is 403 g/mol. The summed E-state index contributed by atoms with van der Waals surface area (Å²) < 4.78 is 6.94. The zero-order valence-electron chi connectivity index (χ0n) is 14.8. The first-order chi connectivity index (χ1) is 13.7. The van der Waals surface area contributed by atoms with Gasteiger partial charge in [0.1, 0.15) is 23.4 Å². The van der Waals surface area contributed by atoms with E-state index < -0.39 is 0 Å². The third-order valence-corrected chi connectivity index (χ3v) is 5.60. The van der Waals surface area contributed by atoms with Crippen LogP contribution >= 0.6 is 22.9 Å². The van der Waals surface area contributed by atoms with Crippen molar-refractivity contribution in [2.75, 3.05) is 0 Å². The van der Waals surface area contributed by atoms with Crippen LogP contribution in [0.1, 0.15) is 16.1 Å². The molecule has 136 valence electrons. The average Bonchev–Trinajstić information content (AvgIpc) is 3.16. The third kappa shape index (κ3) is 4.07. The van der Waals surface area contributed by atoms with Crippen molar-refractivity contribution in [3.8, 4) is 11.8 Å². The standard InChI is InChI=1S/C23H15ClN2OS/c24-20-9-2-1-7-17(20)15-27-19-8-5-6-16(13-19)12-18(14-25)23-26-21-10-3-4-11-22(21)28-23/h1-13H,15H2/b18-12-. The van der Waals surface area contributed by atoms with Gasteiger partial charge < -0.3 is 4.74 Å². The molecular weight excluding hydrogens is 388 g/mol. The minimum absolute atomic E-state index is 0.385. The van der Waals surface area contributed by atoms with Crippen LogP contribution < -0.4 is 4.74 Å². The summed E-state index contributed by atoms with van der Waals surface area (Å²) in [7, 11) is 0. The minimum atomic E-state index is 0.385. The second kappa shape index (κ2) is 8.26. The van der Waals surface area contributed by atoms with Gasteiger partial charge >= 0.3 is 0 Å². The zero-order valence-corrected chi connectivity index (χ0v) is 16.4. The second-order valence-corrected chi connectivity index (χ2v) is 7.55. The Morgan fingerprint density at radius 2 is 1.89 bits per heavy atom. The molecule has 0 bridgehead atoms. The maximum absolute atomic E-state index is 9.62. The molecule has 0 atom stereocenters. The molecule has 0 spiro atoms. The van der Waals surface area contributed by atoms with Crippen molar-refractivity contribution < 1.29 is 4.74 Å². The van der Waals surface area contributed by atoms with E-state index in [0.717, 1.165) is 27.1 Å². The van der Waals surface area contributed by atoms with E-state index in [4.69, 9.17) is 16.3 Å². The number of para-hydroxylation sites is 1. The van der Waals surface area contributed by atoms with Crippen LogP contribution in [0.25, 0.3) is 21.9 Å². The maximum atomic E-state index is 9.62. The molecule has 0 aliphatic heterocycles. The largest absolute Gasteiger partial charge is 0.489 e. The number of nitrogens with zero attached hydrogens (tertiary/aromatic N) is 2. The number of hydrogen-bond donors (Lipinski definition) is 0. The van der Waals surface area contributed by atoms with Crippen LogP contribution in [0.15, 0.2) is 72.8 Å². The van der Waals surface area contributed by atoms with Gasteiger partial charge in [-0.1, -0.05) is 54.1 Å². The van der Waals surface area contributed by atoms with E-state index in [-0.39, 0.29) is 0 Å². The van der Waals surface area contributed by atoms with Gasteiger partial charge in [-0.2, -0.15) is 5.26 Å². The lowest BCUT2D eigenvalue weighted by molar-refractivity contribution is 0.306. The van der Waals surface area contributed by atoms with E-state index in [9.17, 15) is 5.26 Å². The van der Waals surface area contributed by atoms with Gasteiger partial charge in [-0.15, -0.1) is 11.3 Å². The molecule has 0 saturated heterocycles. The highest BCUT2D eigenvalue weighted by molar-refractivity contribution is 7.19. The summed E-state index contributed by atoms with van der Waals surface area (Å²) in [6.07, 6.45) is 1.83. The Balaban J connectivity index is 1.57. The van der Waals surface area contributed by atoms with Crippen LogP contribution in [0, 0.1) is 11.3 Å². The van der Waals surface area contributed by atoms with Crippen molar-refractivity contribution in [3.63, 3.8) is 0 Å². The summed E-state index contributed by atoms with van der Waals surface area (Å²) in [5.74, 6) is 0.718. The SMILES string of the molecule is N#C/C(=C/c1cccc(OCc2ccccc2Cl)c1)c1nc2ccccc2s1. The Hall–Kier alpha value is -3.13. The topological polar surface area (TPSA) is 45.9 Å². The van der Waals surface area contributed by atoms with Gasteiger partial charge in [0.05, 0.1) is 15.8 Å². The number of allylic oxidation sites excluding steroid dienone is 1. The fourth-order valence-electron chi connectivity index (χ4n) is 2.77. The van der Waals surface area contributed by atoms with Crippen LogP contribution in [0.3, 0.4) is 0 Å². The molecule has 0 fully saturated rings. The van der Waals surface area contributed by atoms with Crippen LogP contribution in [0.5, 0.6) is 5.75 Å². The molecule has 0 aliphatic carbocycles. The van der Waals surface area contributed by atoms with E-state index in [0.29, 0.717) is 22.2 Å². The number of fused-ring (bicyclic) bond motifs is 1. The van der Waals surface area contributed by atoms with Gasteiger partial charge in [0, 0.05) is 10.6 Å². The molecule has 0 N–H and O–H groups in total. The van der Waals surface area contributed by atoms with Gasteiger partial charge in [0.15, 0.2) is 0 Å². The van der Waals surface area contributed by atoms with Crippen molar-refractivity contribution in [3.05, 3.63) is 94.0 Å². The van der Waals surface area contributed by atoms with Crippen molar-refractivity contribution in [2.45, 2.75) is 6.61 Å². The van der Waals surface area contributed by atoms with Crippen LogP contribution in [-0.2, 0) is 6.61 Å². The van der Waals surface area contributed by atoms with Gasteiger partial charge in [0.2, 0.25) is 0 Å². The Morgan fingerprint density at radius 3 is 2.71 bits per heavy atom. The molecule has 3 aromatic carbocycles. The summed E-state index contributed by atoms with van der Waals surface area (Å²) in [4.78, 5) is 4.57. The quantitative estimate of drug-likeness (QED) is 0.353. The summed E-state index contributed by atoms with van der Waals surface area (Å²) >= 11 is 7.69. The van der Waals surface area contributed by atoms with Gasteiger partial charge in [-0.3, -0.25) is 0 Å². The lowest BCUT2D eigenvalue weighted by Gasteiger charge is -2.08. The lowest BCUT2D eigenvalue weighted by atomic mass is 10.1. The molecule has 28 heavy (non-hydrogen) atoms. The van der Waals surface area contributed by atoms with Crippen molar-refractivity contribution in [1.29, 1.82) is 5.26 Å². The minimum Gasteiger partial charge on any atom is -0.489 e. The lowest BCUT2D eigenvalue weighted by Crippen LogP contribution is -1.96. The summed E-state index contributed by atoms with van der Waals surface area (Å²) in [5.41, 5.74) is 3.25. The normalized spacial score (nSPS) is 11.4. The van der Waals surface area contributed by atoms with E-state index >= 15 is 0 Å². The number of nitriles is 1. The maximum Gasteiger partial charge on any atom is 0.135 e. The Morgan fingerprint density at radius 1 is 1.07 bits per heavy atom. The fourth-order valence-corrected chi connectivity index (χ4v) is 3.89. The number of ether oxygens (including phenoxy) is 1. The van der Waals surface area contributed by atoms with Gasteiger partial charge in [0.25, 0.3) is 0 Å². The molecule has 0 aliphatic rings. The second-order valence-electron chi connectivity index (χ2n) is 6.11. The number of rotatable bonds is 5. The smallest absolute Gasteiger partial charge is 0.135 e. The highest BCUT2D eigenvalue weighted by Crippen LogP contribution is 2.28. The van der Waals surface area contributed by atoms with E-state index in [1.807, 2.05) is 78.9 Å². The number of benzene rings is 3. The third-order valence-electron chi connectivity index (χ3n) is 4.17. The highest BCUT2D eigenvalue weighted by Gasteiger charge is 2.09. The van der Waals surface area contributed by atoms with Crippen LogP contribution in [-0.4, -0.2) is 4.98 Å². The number of halogens is 1. The molecule has 1 aromatic heterocycles. The molecular formula is C23H15ClN2OS. The van der Waals surface area contributed by atoms with Crippen molar-refractivity contribution >= 4 is 44.8 Å². The summed E-state index contributed by atoms with van der Waals surface area (Å²) in [6.45, 7) is 0.385. The molecule has 0 unspecified atom stereocenters. The van der Waals surface area contributed by atoms with Gasteiger partial charge in [-0.25, -0.2) is 4.98 Å². The number of thiazole rings is 1. The highest BCUT2D eigenvalue weighted by atomic mass is 35.5. The monoisotopic (exact) mass is 402 g/mol. The van der Waals surface area contributed by atoms with Crippen LogP contribution in [0.2, 0.25) is 5.02 Å². The van der Waals surface area contributed by atoms with E-state index in [2.05, 4.69) is 11.1 Å². The Kier molecular flexibility index (Phi) is 5.38. The first kappa shape index (κ1) is 18.2. The first-order valence-corrected chi connectivity index (χ1v) is 9.86. The number of hydrogen-bond acceptors (Lipinski definition) is 4. The van der Waals surface area contributed by atoms with E-state index in [1.54, 1.807) is 0 Å². The molecule has 4 aromatic rings. The molecule has 5 heteroatoms. The van der Waals surface area contributed by atoms with Crippen LogP contribution in [0.4, 0.5) is 0 Å². The first-order valence-electron chi connectivity index (χ1n) is 8.67. The van der Waals surface area contributed by atoms with Crippen molar-refractivity contribution in [1.82, 2.24) is 4.98 Å². The van der Waals surface area contributed by atoms with Gasteiger partial charge in [-0.05, 0) is 42.0 Å². The predicted molar refractivity (Wildman–Crippen MR) is 115 cm³/mol. The molecule has 3 nitrogen and oxygen atoms in total. The summed E-state index contributed by atoms with van der Waals surface area (Å²) in [5, 5.41) is 11.0. The predicted octanol–water partition coefficient (Wildman–Crippen LogP) is 6.59. The molecule has 0 saturated carbocycles. The molecule has 1 heterocycles. The Bertz CT molecular complexity index is 1170. The zero-order chi connectivity index (χ0) is 19.3. The Labute approximate surface area is 172 Å².